The van der Waals surface area contributed by atoms with E-state index in [4.69, 9.17) is 4.42 Å². The second kappa shape index (κ2) is 4.59. The molecule has 1 aliphatic carbocycles. The van der Waals surface area contributed by atoms with Gasteiger partial charge in [-0.25, -0.2) is 0 Å². The summed E-state index contributed by atoms with van der Waals surface area (Å²) < 4.78 is 5.04. The molecule has 1 aromatic heterocycles. The molecule has 1 saturated carbocycles. The first kappa shape index (κ1) is 12.9. The Morgan fingerprint density at radius 1 is 1.29 bits per heavy atom. The van der Waals surface area contributed by atoms with Crippen LogP contribution in [-0.4, -0.2) is 47.6 Å². The molecule has 1 N–H and O–H groups in total. The lowest BCUT2D eigenvalue weighted by atomic mass is 9.81. The molecular weight excluding hydrogens is 272 g/mol. The molecule has 6 heteroatoms. The molecule has 2 amide bonds. The number of aliphatic hydroxyl groups is 1. The fourth-order valence-corrected chi connectivity index (χ4v) is 3.73. The van der Waals surface area contributed by atoms with Crippen LogP contribution in [0.2, 0.25) is 0 Å². The Morgan fingerprint density at radius 3 is 2.71 bits per heavy atom. The summed E-state index contributed by atoms with van der Waals surface area (Å²) in [4.78, 5) is 28.3. The molecule has 2 atom stereocenters. The number of hydrogen-bond acceptors (Lipinski definition) is 4. The van der Waals surface area contributed by atoms with Crippen molar-refractivity contribution in [2.75, 3.05) is 24.5 Å². The minimum absolute atomic E-state index is 0.0427. The number of likely N-dealkylation sites (tertiary alicyclic amines) is 1. The van der Waals surface area contributed by atoms with Gasteiger partial charge in [0.25, 0.3) is 0 Å². The summed E-state index contributed by atoms with van der Waals surface area (Å²) in [5.74, 6) is 0.275. The minimum Gasteiger partial charge on any atom is -0.470 e. The van der Waals surface area contributed by atoms with Crippen molar-refractivity contribution in [1.82, 2.24) is 4.90 Å². The topological polar surface area (TPSA) is 74.0 Å². The van der Waals surface area contributed by atoms with Gasteiger partial charge in [0, 0.05) is 37.5 Å². The van der Waals surface area contributed by atoms with Crippen molar-refractivity contribution in [2.45, 2.75) is 18.9 Å². The Bertz CT molecular complexity index is 564. The minimum atomic E-state index is -0.320. The summed E-state index contributed by atoms with van der Waals surface area (Å²) >= 11 is 0. The van der Waals surface area contributed by atoms with Crippen molar-refractivity contribution in [3.8, 4) is 0 Å². The van der Waals surface area contributed by atoms with Gasteiger partial charge in [-0.2, -0.15) is 0 Å². The van der Waals surface area contributed by atoms with E-state index < -0.39 is 0 Å². The number of hydrogen-bond donors (Lipinski definition) is 1. The predicted octanol–water partition coefficient (Wildman–Crippen LogP) is 0.472. The summed E-state index contributed by atoms with van der Waals surface area (Å²) in [6.07, 6.45) is 3.96. The molecule has 0 spiro atoms. The highest BCUT2D eigenvalue weighted by Crippen LogP contribution is 2.37. The molecule has 0 unspecified atom stereocenters. The zero-order valence-electron chi connectivity index (χ0n) is 11.6. The van der Waals surface area contributed by atoms with Crippen molar-refractivity contribution >= 4 is 17.5 Å². The summed E-state index contributed by atoms with van der Waals surface area (Å²) in [6, 6.07) is 1.79. The molecule has 3 heterocycles. The molecule has 6 nitrogen and oxygen atoms in total. The first-order valence-electron chi connectivity index (χ1n) is 7.44. The molecule has 2 aliphatic heterocycles. The smallest absolute Gasteiger partial charge is 0.232 e. The van der Waals surface area contributed by atoms with Gasteiger partial charge in [-0.15, -0.1) is 0 Å². The van der Waals surface area contributed by atoms with Crippen LogP contribution in [0.1, 0.15) is 12.8 Å². The van der Waals surface area contributed by atoms with E-state index in [1.54, 1.807) is 23.5 Å². The van der Waals surface area contributed by atoms with Crippen molar-refractivity contribution in [1.29, 1.82) is 0 Å². The van der Waals surface area contributed by atoms with Crippen LogP contribution in [-0.2, 0) is 9.59 Å². The molecule has 0 radical (unpaired) electrons. The van der Waals surface area contributed by atoms with E-state index in [1.807, 2.05) is 4.90 Å². The van der Waals surface area contributed by atoms with Crippen LogP contribution in [0.5, 0.6) is 0 Å². The van der Waals surface area contributed by atoms with Crippen LogP contribution >= 0.6 is 0 Å². The Kier molecular flexibility index (Phi) is 2.82. The predicted molar refractivity (Wildman–Crippen MR) is 73.4 cm³/mol. The third-order valence-corrected chi connectivity index (χ3v) is 5.03. The van der Waals surface area contributed by atoms with E-state index in [2.05, 4.69) is 0 Å². The quantitative estimate of drug-likeness (QED) is 0.859. The molecule has 2 saturated heterocycles. The van der Waals surface area contributed by atoms with Gasteiger partial charge in [0.1, 0.15) is 6.26 Å². The van der Waals surface area contributed by atoms with Crippen molar-refractivity contribution in [3.63, 3.8) is 0 Å². The SMILES string of the molecule is O=C(C1CC(O)C1)N1C[C@H]2CN(c3ccoc3)C(=O)[C@H]2C1. The fraction of sp³-hybridized carbons (Fsp3) is 0.600. The molecule has 3 fully saturated rings. The standard InChI is InChI=1S/C15H18N2O4/c18-12-3-9(4-12)14(19)16-5-10-6-17(11-1-2-21-8-11)15(20)13(10)7-16/h1-2,8-10,12-13,18H,3-7H2/t9?,10-,12?,13-/m0/s1. The molecule has 112 valence electrons. The zero-order chi connectivity index (χ0) is 14.6. The van der Waals surface area contributed by atoms with E-state index in [0.29, 0.717) is 32.5 Å². The first-order valence-corrected chi connectivity index (χ1v) is 7.44. The van der Waals surface area contributed by atoms with E-state index in [-0.39, 0.29) is 35.7 Å². The number of furan rings is 1. The fourth-order valence-electron chi connectivity index (χ4n) is 3.73. The number of carbonyl (C=O) groups is 2. The van der Waals surface area contributed by atoms with Gasteiger partial charge < -0.3 is 19.3 Å². The second-order valence-corrected chi connectivity index (χ2v) is 6.36. The maximum absolute atomic E-state index is 12.5. The summed E-state index contributed by atoms with van der Waals surface area (Å²) in [6.45, 7) is 1.82. The first-order chi connectivity index (χ1) is 10.1. The lowest BCUT2D eigenvalue weighted by Gasteiger charge is -2.33. The number of carbonyl (C=O) groups excluding carboxylic acids is 2. The van der Waals surface area contributed by atoms with Gasteiger partial charge in [0.2, 0.25) is 11.8 Å². The van der Waals surface area contributed by atoms with Crippen molar-refractivity contribution in [3.05, 3.63) is 18.6 Å². The van der Waals surface area contributed by atoms with E-state index >= 15 is 0 Å². The van der Waals surface area contributed by atoms with Crippen LogP contribution in [0.4, 0.5) is 5.69 Å². The van der Waals surface area contributed by atoms with Gasteiger partial charge in [0.05, 0.1) is 24.0 Å². The summed E-state index contributed by atoms with van der Waals surface area (Å²) in [5, 5.41) is 9.31. The van der Waals surface area contributed by atoms with Gasteiger partial charge in [-0.05, 0) is 12.8 Å². The Hall–Kier alpha value is -1.82. The van der Waals surface area contributed by atoms with Crippen LogP contribution in [0.25, 0.3) is 0 Å². The molecule has 0 bridgehead atoms. The monoisotopic (exact) mass is 290 g/mol. The highest BCUT2D eigenvalue weighted by atomic mass is 16.3. The maximum Gasteiger partial charge on any atom is 0.232 e. The molecule has 21 heavy (non-hydrogen) atoms. The second-order valence-electron chi connectivity index (χ2n) is 6.36. The molecular formula is C15H18N2O4. The van der Waals surface area contributed by atoms with Crippen LogP contribution in [0.15, 0.2) is 23.0 Å². The number of anilines is 1. The molecule has 0 aromatic carbocycles. The average molecular weight is 290 g/mol. The maximum atomic E-state index is 12.5. The number of aliphatic hydroxyl groups excluding tert-OH is 1. The number of nitrogens with zero attached hydrogens (tertiary/aromatic N) is 2. The van der Waals surface area contributed by atoms with Gasteiger partial charge in [-0.1, -0.05) is 0 Å². The van der Waals surface area contributed by atoms with Crippen molar-refractivity contribution in [2.24, 2.45) is 17.8 Å². The van der Waals surface area contributed by atoms with E-state index in [0.717, 1.165) is 5.69 Å². The number of rotatable bonds is 2. The van der Waals surface area contributed by atoms with E-state index in [1.165, 1.54) is 0 Å². The molecule has 1 aromatic rings. The van der Waals surface area contributed by atoms with Crippen LogP contribution < -0.4 is 4.90 Å². The number of amides is 2. The Labute approximate surface area is 122 Å². The van der Waals surface area contributed by atoms with Crippen LogP contribution in [0, 0.1) is 17.8 Å². The summed E-state index contributed by atoms with van der Waals surface area (Å²) in [5.41, 5.74) is 0.800. The lowest BCUT2D eigenvalue weighted by Crippen LogP contribution is -2.44. The highest BCUT2D eigenvalue weighted by molar-refractivity contribution is 5.98. The number of fused-ring (bicyclic) bond motifs is 1. The Morgan fingerprint density at radius 2 is 2.10 bits per heavy atom. The van der Waals surface area contributed by atoms with Gasteiger partial charge in [-0.3, -0.25) is 9.59 Å². The third-order valence-electron chi connectivity index (χ3n) is 5.03. The van der Waals surface area contributed by atoms with Crippen molar-refractivity contribution < 1.29 is 19.1 Å². The Balaban J connectivity index is 1.42. The highest BCUT2D eigenvalue weighted by Gasteiger charge is 2.49. The normalized spacial score (nSPS) is 35.0. The van der Waals surface area contributed by atoms with Gasteiger partial charge in [0.15, 0.2) is 0 Å². The summed E-state index contributed by atoms with van der Waals surface area (Å²) in [7, 11) is 0. The largest absolute Gasteiger partial charge is 0.470 e. The third kappa shape index (κ3) is 1.97. The van der Waals surface area contributed by atoms with E-state index in [9.17, 15) is 14.7 Å². The van der Waals surface area contributed by atoms with Gasteiger partial charge >= 0.3 is 0 Å². The zero-order valence-corrected chi connectivity index (χ0v) is 11.6. The molecule has 3 aliphatic rings. The lowest BCUT2D eigenvalue weighted by molar-refractivity contribution is -0.141. The molecule has 4 rings (SSSR count). The average Bonchev–Trinajstić information content (AvgIpc) is 3.12. The van der Waals surface area contributed by atoms with Crippen LogP contribution in [0.3, 0.4) is 0 Å².